The number of aromatic nitrogens is 2. The number of sulfonamides is 1. The molecule has 0 atom stereocenters. The van der Waals surface area contributed by atoms with Crippen LogP contribution < -0.4 is 4.74 Å². The first-order valence-electron chi connectivity index (χ1n) is 9.78. The zero-order valence-corrected chi connectivity index (χ0v) is 17.5. The number of rotatable bonds is 8. The fourth-order valence-corrected chi connectivity index (χ4v) is 5.37. The molecule has 0 amide bonds. The summed E-state index contributed by atoms with van der Waals surface area (Å²) >= 11 is 0. The summed E-state index contributed by atoms with van der Waals surface area (Å²) in [5.41, 5.74) is 3.18. The quantitative estimate of drug-likeness (QED) is 0.564. The molecule has 0 spiro atoms. The third-order valence-electron chi connectivity index (χ3n) is 5.20. The van der Waals surface area contributed by atoms with Crippen molar-refractivity contribution in [3.8, 4) is 5.75 Å². The van der Waals surface area contributed by atoms with Crippen LogP contribution in [0, 0.1) is 0 Å². The molecule has 1 aromatic carbocycles. The highest BCUT2D eigenvalue weighted by Gasteiger charge is 2.31. The second kappa shape index (κ2) is 8.04. The standard InChI is InChI=1S/C21H25N3O4S/c1-3-27-20-11-4-5-12-21(20)29(25,26)24(14-16-8-7-13-28-16)15-18-17-9-6-10-19(17)23(2)22-18/h4-5,7-8,11-13H,3,6,9-10,14-15H2,1-2H3. The number of aryl methyl sites for hydroxylation is 1. The van der Waals surface area contributed by atoms with Gasteiger partial charge in [0.25, 0.3) is 0 Å². The Morgan fingerprint density at radius 2 is 2.00 bits per heavy atom. The summed E-state index contributed by atoms with van der Waals surface area (Å²) in [6.07, 6.45) is 4.54. The van der Waals surface area contributed by atoms with Crippen LogP contribution in [0.1, 0.15) is 36.1 Å². The van der Waals surface area contributed by atoms with Crippen LogP contribution in [-0.2, 0) is 43.0 Å². The lowest BCUT2D eigenvalue weighted by Gasteiger charge is -2.22. The van der Waals surface area contributed by atoms with E-state index in [4.69, 9.17) is 9.15 Å². The van der Waals surface area contributed by atoms with Gasteiger partial charge in [0, 0.05) is 12.7 Å². The molecule has 0 N–H and O–H groups in total. The number of para-hydroxylation sites is 1. The van der Waals surface area contributed by atoms with Crippen LogP contribution in [0.5, 0.6) is 5.75 Å². The average Bonchev–Trinajstić information content (AvgIpc) is 3.43. The maximum absolute atomic E-state index is 13.6. The average molecular weight is 416 g/mol. The minimum atomic E-state index is -3.84. The van der Waals surface area contributed by atoms with Gasteiger partial charge in [-0.15, -0.1) is 0 Å². The molecule has 8 heteroatoms. The van der Waals surface area contributed by atoms with Gasteiger partial charge in [-0.1, -0.05) is 12.1 Å². The summed E-state index contributed by atoms with van der Waals surface area (Å²) in [5, 5.41) is 4.62. The van der Waals surface area contributed by atoms with E-state index in [9.17, 15) is 8.42 Å². The predicted molar refractivity (Wildman–Crippen MR) is 108 cm³/mol. The third-order valence-corrected chi connectivity index (χ3v) is 7.03. The molecule has 0 saturated heterocycles. The number of furan rings is 1. The summed E-state index contributed by atoms with van der Waals surface area (Å²) in [5.74, 6) is 0.931. The smallest absolute Gasteiger partial charge is 0.247 e. The minimum Gasteiger partial charge on any atom is -0.492 e. The topological polar surface area (TPSA) is 77.6 Å². The molecule has 4 rings (SSSR count). The highest BCUT2D eigenvalue weighted by molar-refractivity contribution is 7.89. The van der Waals surface area contributed by atoms with Gasteiger partial charge in [0.2, 0.25) is 10.0 Å². The van der Waals surface area contributed by atoms with E-state index in [2.05, 4.69) is 5.10 Å². The molecular formula is C21H25N3O4S. The minimum absolute atomic E-state index is 0.126. The molecular weight excluding hydrogens is 390 g/mol. The summed E-state index contributed by atoms with van der Waals surface area (Å²) in [6.45, 7) is 2.54. The van der Waals surface area contributed by atoms with Crippen LogP contribution in [0.4, 0.5) is 0 Å². The van der Waals surface area contributed by atoms with Gasteiger partial charge in [-0.3, -0.25) is 4.68 Å². The molecule has 1 aliphatic carbocycles. The van der Waals surface area contributed by atoms with Crippen molar-refractivity contribution in [2.24, 2.45) is 7.05 Å². The van der Waals surface area contributed by atoms with E-state index in [1.165, 1.54) is 15.6 Å². The molecule has 0 unspecified atom stereocenters. The Labute approximate surface area is 170 Å². The fourth-order valence-electron chi connectivity index (χ4n) is 3.87. The van der Waals surface area contributed by atoms with Gasteiger partial charge in [-0.05, 0) is 56.0 Å². The highest BCUT2D eigenvalue weighted by Crippen LogP contribution is 2.31. The number of hydrogen-bond acceptors (Lipinski definition) is 5. The number of hydrogen-bond donors (Lipinski definition) is 0. The first-order chi connectivity index (χ1) is 14.0. The third kappa shape index (κ3) is 3.82. The Kier molecular flexibility index (Phi) is 5.47. The van der Waals surface area contributed by atoms with Crippen molar-refractivity contribution in [2.45, 2.75) is 44.2 Å². The second-order valence-corrected chi connectivity index (χ2v) is 8.99. The van der Waals surface area contributed by atoms with Gasteiger partial charge in [0.15, 0.2) is 0 Å². The predicted octanol–water partition coefficient (Wildman–Crippen LogP) is 3.29. The SMILES string of the molecule is CCOc1ccccc1S(=O)(=O)N(Cc1ccco1)Cc1nn(C)c2c1CCC2. The Balaban J connectivity index is 1.74. The van der Waals surface area contributed by atoms with E-state index in [-0.39, 0.29) is 18.0 Å². The highest BCUT2D eigenvalue weighted by atomic mass is 32.2. The van der Waals surface area contributed by atoms with Gasteiger partial charge in [-0.25, -0.2) is 8.42 Å². The van der Waals surface area contributed by atoms with Crippen LogP contribution in [0.15, 0.2) is 52.0 Å². The molecule has 0 radical (unpaired) electrons. The maximum atomic E-state index is 13.6. The lowest BCUT2D eigenvalue weighted by molar-refractivity contribution is 0.324. The Hall–Kier alpha value is -2.58. The van der Waals surface area contributed by atoms with Gasteiger partial charge < -0.3 is 9.15 Å². The molecule has 0 bridgehead atoms. The molecule has 0 aliphatic heterocycles. The van der Waals surface area contributed by atoms with E-state index in [1.54, 1.807) is 42.7 Å². The first kappa shape index (κ1) is 19.7. The second-order valence-electron chi connectivity index (χ2n) is 7.08. The lowest BCUT2D eigenvalue weighted by atomic mass is 10.2. The summed E-state index contributed by atoms with van der Waals surface area (Å²) < 4.78 is 41.6. The van der Waals surface area contributed by atoms with Crippen molar-refractivity contribution >= 4 is 10.0 Å². The van der Waals surface area contributed by atoms with E-state index >= 15 is 0 Å². The number of ether oxygens (including phenoxy) is 1. The van der Waals surface area contributed by atoms with Crippen LogP contribution in [0.25, 0.3) is 0 Å². The Morgan fingerprint density at radius 3 is 2.76 bits per heavy atom. The molecule has 29 heavy (non-hydrogen) atoms. The lowest BCUT2D eigenvalue weighted by Crippen LogP contribution is -2.31. The van der Waals surface area contributed by atoms with Crippen molar-refractivity contribution in [1.29, 1.82) is 0 Å². The van der Waals surface area contributed by atoms with Crippen LogP contribution in [0.3, 0.4) is 0 Å². The molecule has 2 heterocycles. The molecule has 3 aromatic rings. The summed E-state index contributed by atoms with van der Waals surface area (Å²) in [7, 11) is -1.92. The van der Waals surface area contributed by atoms with Gasteiger partial charge >= 0.3 is 0 Å². The zero-order valence-electron chi connectivity index (χ0n) is 16.7. The maximum Gasteiger partial charge on any atom is 0.247 e. The van der Waals surface area contributed by atoms with Gasteiger partial charge in [0.05, 0.1) is 31.7 Å². The Bertz CT molecular complexity index is 1090. The molecule has 0 fully saturated rings. The summed E-state index contributed by atoms with van der Waals surface area (Å²) in [6, 6.07) is 10.3. The molecule has 2 aromatic heterocycles. The summed E-state index contributed by atoms with van der Waals surface area (Å²) in [4.78, 5) is 0.154. The van der Waals surface area contributed by atoms with E-state index in [0.29, 0.717) is 18.1 Å². The molecule has 0 saturated carbocycles. The van der Waals surface area contributed by atoms with Crippen molar-refractivity contribution < 1.29 is 17.6 Å². The van der Waals surface area contributed by atoms with Crippen molar-refractivity contribution in [3.05, 3.63) is 65.4 Å². The van der Waals surface area contributed by atoms with Crippen LogP contribution >= 0.6 is 0 Å². The van der Waals surface area contributed by atoms with Crippen molar-refractivity contribution in [3.63, 3.8) is 0 Å². The number of benzene rings is 1. The van der Waals surface area contributed by atoms with Crippen LogP contribution in [-0.4, -0.2) is 29.1 Å². The zero-order chi connectivity index (χ0) is 20.4. The largest absolute Gasteiger partial charge is 0.492 e. The van der Waals surface area contributed by atoms with Gasteiger partial charge in [0.1, 0.15) is 16.4 Å². The molecule has 1 aliphatic rings. The molecule has 154 valence electrons. The van der Waals surface area contributed by atoms with Crippen molar-refractivity contribution in [2.75, 3.05) is 6.61 Å². The number of nitrogens with zero attached hydrogens (tertiary/aromatic N) is 3. The van der Waals surface area contributed by atoms with E-state index < -0.39 is 10.0 Å². The number of fused-ring (bicyclic) bond motifs is 1. The molecule has 7 nitrogen and oxygen atoms in total. The fraction of sp³-hybridized carbons (Fsp3) is 0.381. The normalized spacial score (nSPS) is 13.8. The first-order valence-corrected chi connectivity index (χ1v) is 11.2. The van der Waals surface area contributed by atoms with Crippen molar-refractivity contribution in [1.82, 2.24) is 14.1 Å². The monoisotopic (exact) mass is 415 g/mol. The van der Waals surface area contributed by atoms with E-state index in [1.807, 2.05) is 18.7 Å². The van der Waals surface area contributed by atoms with E-state index in [0.717, 1.165) is 25.0 Å². The Morgan fingerprint density at radius 1 is 1.17 bits per heavy atom. The van der Waals surface area contributed by atoms with Crippen LogP contribution in [0.2, 0.25) is 0 Å². The van der Waals surface area contributed by atoms with Gasteiger partial charge in [-0.2, -0.15) is 9.40 Å².